The summed E-state index contributed by atoms with van der Waals surface area (Å²) in [6.45, 7) is 0. The standard InChI is InChI=1S/C13H14F3NO/c14-10-6-2-5-9(12(10)16)11(15)7-3-1-4-8(7)13(17)18/h2,5-8,11H,1,3-4H2,(H2,17,18). The molecular weight excluding hydrogens is 243 g/mol. The summed E-state index contributed by atoms with van der Waals surface area (Å²) >= 11 is 0. The van der Waals surface area contributed by atoms with Gasteiger partial charge < -0.3 is 5.73 Å². The highest BCUT2D eigenvalue weighted by atomic mass is 19.2. The molecular formula is C13H14F3NO. The van der Waals surface area contributed by atoms with Gasteiger partial charge >= 0.3 is 0 Å². The average Bonchev–Trinajstić information content (AvgIpc) is 2.81. The molecule has 0 bridgehead atoms. The number of alkyl halides is 1. The largest absolute Gasteiger partial charge is 0.369 e. The molecule has 0 aromatic heterocycles. The molecule has 1 aliphatic carbocycles. The third-order valence-electron chi connectivity index (χ3n) is 3.59. The van der Waals surface area contributed by atoms with Gasteiger partial charge in [-0.05, 0) is 18.9 Å². The lowest BCUT2D eigenvalue weighted by Gasteiger charge is -2.21. The van der Waals surface area contributed by atoms with Crippen molar-refractivity contribution >= 4 is 5.91 Å². The van der Waals surface area contributed by atoms with Gasteiger partial charge in [0.25, 0.3) is 0 Å². The fourth-order valence-corrected chi connectivity index (χ4v) is 2.66. The highest BCUT2D eigenvalue weighted by Gasteiger charge is 2.39. The summed E-state index contributed by atoms with van der Waals surface area (Å²) in [5.41, 5.74) is 4.87. The SMILES string of the molecule is NC(=O)C1CCCC1C(F)c1cccc(F)c1F. The summed E-state index contributed by atoms with van der Waals surface area (Å²) in [5, 5.41) is 0. The Labute approximate surface area is 103 Å². The maximum absolute atomic E-state index is 14.3. The van der Waals surface area contributed by atoms with Gasteiger partial charge in [0, 0.05) is 17.4 Å². The highest BCUT2D eigenvalue weighted by Crippen LogP contribution is 2.43. The zero-order valence-electron chi connectivity index (χ0n) is 9.70. The van der Waals surface area contributed by atoms with E-state index in [1.54, 1.807) is 0 Å². The van der Waals surface area contributed by atoms with Crippen LogP contribution in [0.15, 0.2) is 18.2 Å². The van der Waals surface area contributed by atoms with Gasteiger partial charge in [-0.2, -0.15) is 0 Å². The summed E-state index contributed by atoms with van der Waals surface area (Å²) < 4.78 is 40.8. The van der Waals surface area contributed by atoms with Crippen molar-refractivity contribution in [1.29, 1.82) is 0 Å². The lowest BCUT2D eigenvalue weighted by molar-refractivity contribution is -0.123. The third kappa shape index (κ3) is 2.21. The molecule has 2 N–H and O–H groups in total. The molecule has 2 rings (SSSR count). The Balaban J connectivity index is 2.28. The van der Waals surface area contributed by atoms with Gasteiger partial charge in [0.05, 0.1) is 0 Å². The van der Waals surface area contributed by atoms with Crippen LogP contribution in [0.2, 0.25) is 0 Å². The molecule has 18 heavy (non-hydrogen) atoms. The number of amides is 1. The fraction of sp³-hybridized carbons (Fsp3) is 0.462. The number of carbonyl (C=O) groups is 1. The van der Waals surface area contributed by atoms with Gasteiger partial charge in [-0.15, -0.1) is 0 Å². The van der Waals surface area contributed by atoms with E-state index in [4.69, 9.17) is 5.73 Å². The smallest absolute Gasteiger partial charge is 0.220 e. The molecule has 3 unspecified atom stereocenters. The van der Waals surface area contributed by atoms with Crippen LogP contribution < -0.4 is 5.73 Å². The van der Waals surface area contributed by atoms with E-state index in [1.807, 2.05) is 0 Å². The van der Waals surface area contributed by atoms with E-state index in [9.17, 15) is 18.0 Å². The minimum atomic E-state index is -1.69. The second kappa shape index (κ2) is 5.00. The number of primary amides is 1. The van der Waals surface area contributed by atoms with E-state index < -0.39 is 35.5 Å². The Morgan fingerprint density at radius 1 is 1.33 bits per heavy atom. The number of nitrogens with two attached hydrogens (primary N) is 1. The van der Waals surface area contributed by atoms with Crippen molar-refractivity contribution in [2.24, 2.45) is 17.6 Å². The maximum atomic E-state index is 14.3. The second-order valence-corrected chi connectivity index (χ2v) is 4.65. The van der Waals surface area contributed by atoms with Crippen LogP contribution in [0.1, 0.15) is 31.0 Å². The van der Waals surface area contributed by atoms with Crippen molar-refractivity contribution in [3.8, 4) is 0 Å². The van der Waals surface area contributed by atoms with Gasteiger partial charge in [-0.25, -0.2) is 13.2 Å². The lowest BCUT2D eigenvalue weighted by Crippen LogP contribution is -2.28. The van der Waals surface area contributed by atoms with E-state index in [0.29, 0.717) is 19.3 Å². The van der Waals surface area contributed by atoms with Crippen molar-refractivity contribution in [3.63, 3.8) is 0 Å². The zero-order chi connectivity index (χ0) is 13.3. The quantitative estimate of drug-likeness (QED) is 0.889. The van der Waals surface area contributed by atoms with Gasteiger partial charge in [-0.1, -0.05) is 18.6 Å². The monoisotopic (exact) mass is 257 g/mol. The summed E-state index contributed by atoms with van der Waals surface area (Å²) in [6.07, 6.45) is -0.0433. The van der Waals surface area contributed by atoms with Crippen LogP contribution in [0, 0.1) is 23.5 Å². The lowest BCUT2D eigenvalue weighted by atomic mass is 9.87. The minimum Gasteiger partial charge on any atom is -0.369 e. The molecule has 1 saturated carbocycles. The third-order valence-corrected chi connectivity index (χ3v) is 3.59. The number of halogens is 3. The molecule has 98 valence electrons. The van der Waals surface area contributed by atoms with Crippen LogP contribution in [0.3, 0.4) is 0 Å². The maximum Gasteiger partial charge on any atom is 0.220 e. The Morgan fingerprint density at radius 3 is 2.72 bits per heavy atom. The van der Waals surface area contributed by atoms with E-state index >= 15 is 0 Å². The van der Waals surface area contributed by atoms with Gasteiger partial charge in [0.1, 0.15) is 6.17 Å². The summed E-state index contributed by atoms with van der Waals surface area (Å²) in [6, 6.07) is 3.40. The van der Waals surface area contributed by atoms with Crippen molar-refractivity contribution in [1.82, 2.24) is 0 Å². The van der Waals surface area contributed by atoms with Crippen LogP contribution in [-0.4, -0.2) is 5.91 Å². The van der Waals surface area contributed by atoms with Crippen molar-refractivity contribution < 1.29 is 18.0 Å². The molecule has 0 saturated heterocycles. The molecule has 0 radical (unpaired) electrons. The number of benzene rings is 1. The van der Waals surface area contributed by atoms with Crippen LogP contribution in [0.25, 0.3) is 0 Å². The first-order chi connectivity index (χ1) is 8.52. The zero-order valence-corrected chi connectivity index (χ0v) is 9.70. The Bertz CT molecular complexity index is 464. The van der Waals surface area contributed by atoms with Crippen LogP contribution in [0.4, 0.5) is 13.2 Å². The first-order valence-electron chi connectivity index (χ1n) is 5.89. The number of hydrogen-bond donors (Lipinski definition) is 1. The van der Waals surface area contributed by atoms with E-state index in [-0.39, 0.29) is 5.56 Å². The normalized spacial score (nSPS) is 25.1. The molecule has 5 heteroatoms. The molecule has 0 aliphatic heterocycles. The number of carbonyl (C=O) groups excluding carboxylic acids is 1. The first kappa shape index (κ1) is 12.9. The first-order valence-corrected chi connectivity index (χ1v) is 5.89. The van der Waals surface area contributed by atoms with Crippen molar-refractivity contribution in [2.75, 3.05) is 0 Å². The fourth-order valence-electron chi connectivity index (χ4n) is 2.66. The van der Waals surface area contributed by atoms with E-state index in [2.05, 4.69) is 0 Å². The van der Waals surface area contributed by atoms with Crippen molar-refractivity contribution in [2.45, 2.75) is 25.4 Å². The summed E-state index contributed by atoms with van der Waals surface area (Å²) in [7, 11) is 0. The Morgan fingerprint density at radius 2 is 2.06 bits per heavy atom. The molecule has 1 aromatic carbocycles. The summed E-state index contributed by atoms with van der Waals surface area (Å²) in [4.78, 5) is 11.2. The predicted molar refractivity (Wildman–Crippen MR) is 60.2 cm³/mol. The molecule has 1 aliphatic rings. The van der Waals surface area contributed by atoms with Crippen molar-refractivity contribution in [3.05, 3.63) is 35.4 Å². The second-order valence-electron chi connectivity index (χ2n) is 4.65. The molecule has 3 atom stereocenters. The minimum absolute atomic E-state index is 0.326. The van der Waals surface area contributed by atoms with E-state index in [1.165, 1.54) is 12.1 Å². The van der Waals surface area contributed by atoms with Gasteiger partial charge in [0.2, 0.25) is 5.91 Å². The molecule has 0 spiro atoms. The Kier molecular flexibility index (Phi) is 3.59. The van der Waals surface area contributed by atoms with Crippen LogP contribution >= 0.6 is 0 Å². The predicted octanol–water partition coefficient (Wildman–Crippen LogP) is 2.88. The Hall–Kier alpha value is -1.52. The molecule has 0 heterocycles. The van der Waals surface area contributed by atoms with Crippen LogP contribution in [0.5, 0.6) is 0 Å². The van der Waals surface area contributed by atoms with E-state index in [0.717, 1.165) is 6.07 Å². The molecule has 1 aromatic rings. The van der Waals surface area contributed by atoms with Gasteiger partial charge in [-0.3, -0.25) is 4.79 Å². The topological polar surface area (TPSA) is 43.1 Å². The molecule has 1 amide bonds. The van der Waals surface area contributed by atoms with Gasteiger partial charge in [0.15, 0.2) is 11.6 Å². The highest BCUT2D eigenvalue weighted by molar-refractivity contribution is 5.77. The number of hydrogen-bond acceptors (Lipinski definition) is 1. The molecule has 1 fully saturated rings. The molecule has 2 nitrogen and oxygen atoms in total. The average molecular weight is 257 g/mol. The summed E-state index contributed by atoms with van der Waals surface area (Å²) in [5.74, 6) is -4.08. The van der Waals surface area contributed by atoms with Crippen LogP contribution in [-0.2, 0) is 4.79 Å². The number of rotatable bonds is 3.